The Bertz CT molecular complexity index is 237. The van der Waals surface area contributed by atoms with Crippen LogP contribution in [0.15, 0.2) is 0 Å². The van der Waals surface area contributed by atoms with E-state index in [2.05, 4.69) is 17.1 Å². The molecule has 1 saturated carbocycles. The summed E-state index contributed by atoms with van der Waals surface area (Å²) in [7, 11) is 0. The van der Waals surface area contributed by atoms with E-state index in [1.807, 2.05) is 0 Å². The molecule has 1 N–H and O–H groups in total. The van der Waals surface area contributed by atoms with Crippen LogP contribution in [-0.2, 0) is 0 Å². The van der Waals surface area contributed by atoms with Crippen molar-refractivity contribution < 1.29 is 0 Å². The van der Waals surface area contributed by atoms with Crippen molar-refractivity contribution in [2.75, 3.05) is 19.6 Å². The Morgan fingerprint density at radius 3 is 2.81 bits per heavy atom. The van der Waals surface area contributed by atoms with Crippen molar-refractivity contribution in [2.45, 2.75) is 57.5 Å². The summed E-state index contributed by atoms with van der Waals surface area (Å²) in [6.45, 7) is 6.40. The number of hydrogen-bond acceptors (Lipinski definition) is 2. The van der Waals surface area contributed by atoms with Gasteiger partial charge in [0.25, 0.3) is 0 Å². The number of piperidine rings is 1. The molecule has 0 radical (unpaired) electrons. The molecule has 0 spiro atoms. The lowest BCUT2D eigenvalue weighted by Gasteiger charge is -2.33. The van der Waals surface area contributed by atoms with Crippen molar-refractivity contribution in [3.05, 3.63) is 0 Å². The van der Waals surface area contributed by atoms with Gasteiger partial charge in [0.15, 0.2) is 0 Å². The summed E-state index contributed by atoms with van der Waals surface area (Å²) in [6, 6.07) is 1.68. The van der Waals surface area contributed by atoms with Crippen molar-refractivity contribution in [1.82, 2.24) is 10.2 Å². The minimum atomic E-state index is 0.807. The second kappa shape index (κ2) is 4.66. The van der Waals surface area contributed by atoms with Crippen LogP contribution in [0.3, 0.4) is 0 Å². The van der Waals surface area contributed by atoms with Crippen molar-refractivity contribution in [1.29, 1.82) is 0 Å². The van der Waals surface area contributed by atoms with Crippen LogP contribution >= 0.6 is 0 Å². The van der Waals surface area contributed by atoms with Crippen molar-refractivity contribution in [3.63, 3.8) is 0 Å². The van der Waals surface area contributed by atoms with Gasteiger partial charge in [0.05, 0.1) is 0 Å². The summed E-state index contributed by atoms with van der Waals surface area (Å²) in [5.74, 6) is 1.97. The molecule has 0 amide bonds. The SMILES string of the molecule is CC(CNC1CCN2CCCCC12)C1CC1. The van der Waals surface area contributed by atoms with Gasteiger partial charge in [-0.2, -0.15) is 0 Å². The first-order valence-corrected chi connectivity index (χ1v) is 7.32. The maximum atomic E-state index is 3.86. The van der Waals surface area contributed by atoms with Gasteiger partial charge in [-0.05, 0) is 57.0 Å². The highest BCUT2D eigenvalue weighted by molar-refractivity contribution is 4.94. The Kier molecular flexibility index (Phi) is 3.21. The van der Waals surface area contributed by atoms with Crippen LogP contribution in [-0.4, -0.2) is 36.6 Å². The Morgan fingerprint density at radius 1 is 1.12 bits per heavy atom. The molecule has 2 saturated heterocycles. The maximum absolute atomic E-state index is 3.86. The van der Waals surface area contributed by atoms with Gasteiger partial charge in [0, 0.05) is 18.6 Å². The van der Waals surface area contributed by atoms with Crippen LogP contribution < -0.4 is 5.32 Å². The van der Waals surface area contributed by atoms with Crippen molar-refractivity contribution >= 4 is 0 Å². The molecular weight excluding hydrogens is 196 g/mol. The fourth-order valence-corrected chi connectivity index (χ4v) is 3.65. The molecule has 92 valence electrons. The summed E-state index contributed by atoms with van der Waals surface area (Å²) in [6.07, 6.45) is 8.70. The summed E-state index contributed by atoms with van der Waals surface area (Å²) in [5, 5.41) is 3.86. The zero-order chi connectivity index (χ0) is 11.0. The Morgan fingerprint density at radius 2 is 2.00 bits per heavy atom. The highest BCUT2D eigenvalue weighted by Gasteiger charge is 2.36. The van der Waals surface area contributed by atoms with E-state index in [1.54, 1.807) is 0 Å². The fourth-order valence-electron chi connectivity index (χ4n) is 3.65. The van der Waals surface area contributed by atoms with Crippen LogP contribution in [0.5, 0.6) is 0 Å². The molecule has 3 atom stereocenters. The van der Waals surface area contributed by atoms with E-state index in [4.69, 9.17) is 0 Å². The van der Waals surface area contributed by atoms with Gasteiger partial charge in [-0.15, -0.1) is 0 Å². The van der Waals surface area contributed by atoms with Gasteiger partial charge in [-0.25, -0.2) is 0 Å². The molecule has 2 aliphatic heterocycles. The van der Waals surface area contributed by atoms with Crippen molar-refractivity contribution in [2.24, 2.45) is 11.8 Å². The maximum Gasteiger partial charge on any atom is 0.0249 e. The molecule has 16 heavy (non-hydrogen) atoms. The zero-order valence-corrected chi connectivity index (χ0v) is 10.6. The van der Waals surface area contributed by atoms with E-state index < -0.39 is 0 Å². The van der Waals surface area contributed by atoms with Crippen LogP contribution in [0.4, 0.5) is 0 Å². The third-order valence-electron chi connectivity index (χ3n) is 4.98. The van der Waals surface area contributed by atoms with E-state index in [-0.39, 0.29) is 0 Å². The van der Waals surface area contributed by atoms with E-state index >= 15 is 0 Å². The number of nitrogens with one attached hydrogen (secondary N) is 1. The van der Waals surface area contributed by atoms with Gasteiger partial charge in [0.1, 0.15) is 0 Å². The number of hydrogen-bond donors (Lipinski definition) is 1. The monoisotopic (exact) mass is 222 g/mol. The summed E-state index contributed by atoms with van der Waals surface area (Å²) >= 11 is 0. The van der Waals surface area contributed by atoms with Gasteiger partial charge in [-0.1, -0.05) is 13.3 Å². The topological polar surface area (TPSA) is 15.3 Å². The normalized spacial score (nSPS) is 37.3. The van der Waals surface area contributed by atoms with Crippen LogP contribution in [0, 0.1) is 11.8 Å². The predicted molar refractivity (Wildman–Crippen MR) is 67.5 cm³/mol. The smallest absolute Gasteiger partial charge is 0.0249 e. The highest BCUT2D eigenvalue weighted by Crippen LogP contribution is 2.36. The average Bonchev–Trinajstić information content (AvgIpc) is 3.08. The van der Waals surface area contributed by atoms with E-state index in [9.17, 15) is 0 Å². The van der Waals surface area contributed by atoms with Crippen LogP contribution in [0.1, 0.15) is 45.4 Å². The van der Waals surface area contributed by atoms with Crippen LogP contribution in [0.2, 0.25) is 0 Å². The van der Waals surface area contributed by atoms with Gasteiger partial charge in [-0.3, -0.25) is 4.90 Å². The second-order valence-electron chi connectivity index (χ2n) is 6.22. The first kappa shape index (κ1) is 11.0. The average molecular weight is 222 g/mol. The minimum absolute atomic E-state index is 0.807. The summed E-state index contributed by atoms with van der Waals surface area (Å²) in [5.41, 5.74) is 0. The number of fused-ring (bicyclic) bond motifs is 1. The molecule has 3 rings (SSSR count). The molecule has 3 fully saturated rings. The quantitative estimate of drug-likeness (QED) is 0.785. The molecule has 0 bridgehead atoms. The number of rotatable bonds is 4. The highest BCUT2D eigenvalue weighted by atomic mass is 15.2. The van der Waals surface area contributed by atoms with E-state index in [0.717, 1.165) is 23.9 Å². The Hall–Kier alpha value is -0.0800. The zero-order valence-electron chi connectivity index (χ0n) is 10.6. The van der Waals surface area contributed by atoms with E-state index in [1.165, 1.54) is 58.2 Å². The summed E-state index contributed by atoms with van der Waals surface area (Å²) in [4.78, 5) is 2.73. The second-order valence-corrected chi connectivity index (χ2v) is 6.22. The standard InChI is InChI=1S/C14H26N2/c1-11(12-5-6-12)10-15-13-7-9-16-8-3-2-4-14(13)16/h11-15H,2-10H2,1H3. The largest absolute Gasteiger partial charge is 0.312 e. The van der Waals surface area contributed by atoms with Gasteiger partial charge in [0.2, 0.25) is 0 Å². The Balaban J connectivity index is 1.47. The third kappa shape index (κ3) is 2.28. The van der Waals surface area contributed by atoms with Crippen molar-refractivity contribution in [3.8, 4) is 0 Å². The van der Waals surface area contributed by atoms with E-state index in [0.29, 0.717) is 0 Å². The molecule has 1 aliphatic carbocycles. The van der Waals surface area contributed by atoms with Gasteiger partial charge < -0.3 is 5.32 Å². The lowest BCUT2D eigenvalue weighted by atomic mass is 9.98. The van der Waals surface area contributed by atoms with Crippen LogP contribution in [0.25, 0.3) is 0 Å². The first-order valence-electron chi connectivity index (χ1n) is 7.32. The molecule has 0 aromatic rings. The molecule has 3 aliphatic rings. The van der Waals surface area contributed by atoms with Gasteiger partial charge >= 0.3 is 0 Å². The lowest BCUT2D eigenvalue weighted by Crippen LogP contribution is -2.46. The molecule has 2 heterocycles. The molecule has 2 nitrogen and oxygen atoms in total. The minimum Gasteiger partial charge on any atom is -0.312 e. The molecular formula is C14H26N2. The number of nitrogens with zero attached hydrogens (tertiary/aromatic N) is 1. The lowest BCUT2D eigenvalue weighted by molar-refractivity contribution is 0.178. The molecule has 2 heteroatoms. The third-order valence-corrected chi connectivity index (χ3v) is 4.98. The fraction of sp³-hybridized carbons (Fsp3) is 1.00. The molecule has 0 aromatic carbocycles. The summed E-state index contributed by atoms with van der Waals surface area (Å²) < 4.78 is 0. The predicted octanol–water partition coefficient (Wildman–Crippen LogP) is 2.25. The Labute approximate surface area is 99.8 Å². The molecule has 3 unspecified atom stereocenters. The molecule has 0 aromatic heterocycles. The first-order chi connectivity index (χ1) is 7.84.